The highest BCUT2D eigenvalue weighted by atomic mass is 16.4. The topological polar surface area (TPSA) is 84.2 Å². The van der Waals surface area contributed by atoms with E-state index in [-0.39, 0.29) is 24.4 Å². The molecule has 1 amide bonds. The smallest absolute Gasteiger partial charge is 0.303 e. The molecule has 6 nitrogen and oxygen atoms in total. The molecule has 1 heterocycles. The molecular formula is C22H29N3O3. The molecule has 0 aliphatic heterocycles. The highest BCUT2D eigenvalue weighted by Gasteiger charge is 2.33. The molecule has 0 spiro atoms. The first-order chi connectivity index (χ1) is 13.5. The lowest BCUT2D eigenvalue weighted by molar-refractivity contribution is -0.137. The lowest BCUT2D eigenvalue weighted by Gasteiger charge is -2.19. The van der Waals surface area contributed by atoms with E-state index in [0.717, 1.165) is 30.5 Å². The van der Waals surface area contributed by atoms with Gasteiger partial charge in [0.05, 0.1) is 17.5 Å². The van der Waals surface area contributed by atoms with Gasteiger partial charge in [0.25, 0.3) is 5.91 Å². The standard InChI is InChI=1S/C22H29N3O3/c1-3-15(2)25-21(17-9-10-17)19(14-23-25)22(28)24-18(11-12-20(26)27)13-16-7-5-4-6-8-16/h4-8,14-15,17-18H,3,9-13H2,1-2H3,(H,24,28)(H,26,27). The Morgan fingerprint density at radius 1 is 1.29 bits per heavy atom. The van der Waals surface area contributed by atoms with Crippen LogP contribution in [0, 0.1) is 0 Å². The van der Waals surface area contributed by atoms with Gasteiger partial charge in [-0.3, -0.25) is 14.3 Å². The van der Waals surface area contributed by atoms with Crippen molar-refractivity contribution in [2.24, 2.45) is 0 Å². The summed E-state index contributed by atoms with van der Waals surface area (Å²) >= 11 is 0. The molecule has 2 aromatic rings. The van der Waals surface area contributed by atoms with Gasteiger partial charge < -0.3 is 10.4 Å². The number of carbonyl (C=O) groups is 2. The Morgan fingerprint density at radius 2 is 2.00 bits per heavy atom. The van der Waals surface area contributed by atoms with Gasteiger partial charge >= 0.3 is 5.97 Å². The van der Waals surface area contributed by atoms with E-state index in [0.29, 0.717) is 24.3 Å². The molecule has 1 aromatic heterocycles. The fraction of sp³-hybridized carbons (Fsp3) is 0.500. The van der Waals surface area contributed by atoms with Crippen molar-refractivity contribution in [3.8, 4) is 0 Å². The summed E-state index contributed by atoms with van der Waals surface area (Å²) < 4.78 is 2.00. The Bertz CT molecular complexity index is 812. The van der Waals surface area contributed by atoms with Crippen molar-refractivity contribution in [3.05, 3.63) is 53.3 Å². The maximum Gasteiger partial charge on any atom is 0.303 e. The highest BCUT2D eigenvalue weighted by molar-refractivity contribution is 5.95. The molecule has 150 valence electrons. The minimum atomic E-state index is -0.851. The van der Waals surface area contributed by atoms with Gasteiger partial charge in [-0.1, -0.05) is 37.3 Å². The van der Waals surface area contributed by atoms with Gasteiger partial charge in [-0.2, -0.15) is 5.10 Å². The number of carbonyl (C=O) groups excluding carboxylic acids is 1. The molecule has 6 heteroatoms. The van der Waals surface area contributed by atoms with Crippen LogP contribution in [0.2, 0.25) is 0 Å². The number of aromatic nitrogens is 2. The van der Waals surface area contributed by atoms with Crippen molar-refractivity contribution in [1.82, 2.24) is 15.1 Å². The Kier molecular flexibility index (Phi) is 6.49. The normalized spacial score (nSPS) is 15.8. The van der Waals surface area contributed by atoms with Crippen LogP contribution in [0.1, 0.15) is 79.5 Å². The predicted octanol–water partition coefficient (Wildman–Crippen LogP) is 3.94. The quantitative estimate of drug-likeness (QED) is 0.651. The van der Waals surface area contributed by atoms with Crippen LogP contribution in [-0.2, 0) is 11.2 Å². The molecule has 1 saturated carbocycles. The van der Waals surface area contributed by atoms with E-state index in [4.69, 9.17) is 5.11 Å². The zero-order valence-electron chi connectivity index (χ0n) is 16.6. The third kappa shape index (κ3) is 5.00. The van der Waals surface area contributed by atoms with Crippen LogP contribution in [0.5, 0.6) is 0 Å². The van der Waals surface area contributed by atoms with Gasteiger partial charge in [-0.15, -0.1) is 0 Å². The molecule has 0 saturated heterocycles. The monoisotopic (exact) mass is 383 g/mol. The number of nitrogens with zero attached hydrogens (tertiary/aromatic N) is 2. The Morgan fingerprint density at radius 3 is 2.61 bits per heavy atom. The number of hydrogen-bond donors (Lipinski definition) is 2. The molecule has 28 heavy (non-hydrogen) atoms. The van der Waals surface area contributed by atoms with E-state index in [2.05, 4.69) is 24.3 Å². The van der Waals surface area contributed by atoms with Crippen molar-refractivity contribution < 1.29 is 14.7 Å². The lowest BCUT2D eigenvalue weighted by Crippen LogP contribution is -2.37. The number of benzene rings is 1. The van der Waals surface area contributed by atoms with Crippen LogP contribution in [-0.4, -0.2) is 32.8 Å². The molecule has 3 rings (SSSR count). The van der Waals surface area contributed by atoms with E-state index >= 15 is 0 Å². The second-order valence-corrected chi connectivity index (χ2v) is 7.71. The van der Waals surface area contributed by atoms with Crippen LogP contribution < -0.4 is 5.32 Å². The van der Waals surface area contributed by atoms with E-state index in [1.165, 1.54) is 0 Å². The summed E-state index contributed by atoms with van der Waals surface area (Å²) in [5, 5.41) is 16.6. The van der Waals surface area contributed by atoms with Gasteiger partial charge in [0, 0.05) is 24.4 Å². The summed E-state index contributed by atoms with van der Waals surface area (Å²) in [6.45, 7) is 4.23. The number of hydrogen-bond acceptors (Lipinski definition) is 3. The number of nitrogens with one attached hydrogen (secondary N) is 1. The van der Waals surface area contributed by atoms with Gasteiger partial charge in [0.1, 0.15) is 0 Å². The van der Waals surface area contributed by atoms with Crippen molar-refractivity contribution in [1.29, 1.82) is 0 Å². The first-order valence-electron chi connectivity index (χ1n) is 10.1. The first-order valence-corrected chi connectivity index (χ1v) is 10.1. The summed E-state index contributed by atoms with van der Waals surface area (Å²) in [6, 6.07) is 9.86. The zero-order valence-corrected chi connectivity index (χ0v) is 16.6. The van der Waals surface area contributed by atoms with E-state index in [1.807, 2.05) is 35.0 Å². The first kappa shape index (κ1) is 20.1. The van der Waals surface area contributed by atoms with Crippen LogP contribution in [0.25, 0.3) is 0 Å². The SMILES string of the molecule is CCC(C)n1ncc(C(=O)NC(CCC(=O)O)Cc2ccccc2)c1C1CC1. The molecule has 0 radical (unpaired) electrons. The largest absolute Gasteiger partial charge is 0.481 e. The minimum absolute atomic E-state index is 0.0272. The Balaban J connectivity index is 1.77. The summed E-state index contributed by atoms with van der Waals surface area (Å²) in [4.78, 5) is 24.1. The van der Waals surface area contributed by atoms with Crippen molar-refractivity contribution in [2.45, 2.75) is 70.4 Å². The van der Waals surface area contributed by atoms with E-state index in [9.17, 15) is 9.59 Å². The maximum absolute atomic E-state index is 13.1. The van der Waals surface area contributed by atoms with Crippen LogP contribution in [0.3, 0.4) is 0 Å². The number of carboxylic acid groups (broad SMARTS) is 1. The fourth-order valence-corrected chi connectivity index (χ4v) is 3.52. The van der Waals surface area contributed by atoms with Crippen molar-refractivity contribution in [3.63, 3.8) is 0 Å². The molecule has 1 aromatic carbocycles. The second kappa shape index (κ2) is 9.04. The van der Waals surface area contributed by atoms with Crippen LogP contribution in [0.15, 0.2) is 36.5 Å². The van der Waals surface area contributed by atoms with Crippen LogP contribution >= 0.6 is 0 Å². The summed E-state index contributed by atoms with van der Waals surface area (Å²) in [5.74, 6) is -0.595. The molecule has 0 bridgehead atoms. The molecule has 2 unspecified atom stereocenters. The van der Waals surface area contributed by atoms with Crippen molar-refractivity contribution >= 4 is 11.9 Å². The Labute approximate surface area is 166 Å². The van der Waals surface area contributed by atoms with Gasteiger partial charge in [-0.05, 0) is 44.6 Å². The second-order valence-electron chi connectivity index (χ2n) is 7.71. The maximum atomic E-state index is 13.1. The molecule has 1 aliphatic rings. The van der Waals surface area contributed by atoms with Crippen molar-refractivity contribution in [2.75, 3.05) is 0 Å². The van der Waals surface area contributed by atoms with Gasteiger partial charge in [0.15, 0.2) is 0 Å². The zero-order chi connectivity index (χ0) is 20.1. The average Bonchev–Trinajstić information content (AvgIpc) is 3.43. The molecule has 2 atom stereocenters. The lowest BCUT2D eigenvalue weighted by atomic mass is 10.0. The summed E-state index contributed by atoms with van der Waals surface area (Å²) in [6.07, 6.45) is 5.85. The third-order valence-corrected chi connectivity index (χ3v) is 5.42. The van der Waals surface area contributed by atoms with Gasteiger partial charge in [0.2, 0.25) is 0 Å². The molecule has 1 fully saturated rings. The molecular weight excluding hydrogens is 354 g/mol. The third-order valence-electron chi connectivity index (χ3n) is 5.42. The fourth-order valence-electron chi connectivity index (χ4n) is 3.52. The number of carboxylic acids is 1. The number of amides is 1. The van der Waals surface area contributed by atoms with E-state index < -0.39 is 5.97 Å². The highest BCUT2D eigenvalue weighted by Crippen LogP contribution is 2.42. The van der Waals surface area contributed by atoms with Gasteiger partial charge in [-0.25, -0.2) is 0 Å². The van der Waals surface area contributed by atoms with E-state index in [1.54, 1.807) is 6.20 Å². The molecule has 2 N–H and O–H groups in total. The molecule has 1 aliphatic carbocycles. The van der Waals surface area contributed by atoms with Crippen LogP contribution in [0.4, 0.5) is 0 Å². The Hall–Kier alpha value is -2.63. The average molecular weight is 383 g/mol. The number of rotatable bonds is 10. The predicted molar refractivity (Wildman–Crippen MR) is 107 cm³/mol. The minimum Gasteiger partial charge on any atom is -0.481 e. The summed E-state index contributed by atoms with van der Waals surface area (Å²) in [7, 11) is 0. The summed E-state index contributed by atoms with van der Waals surface area (Å²) in [5.41, 5.74) is 2.75. The number of aliphatic carboxylic acids is 1.